The largest absolute Gasteiger partial charge is 0.452 e. The molecule has 0 aromatic heterocycles. The molecule has 7 nitrogen and oxygen atoms in total. The molecule has 1 saturated heterocycles. The maximum atomic E-state index is 12.3. The zero-order valence-corrected chi connectivity index (χ0v) is 15.1. The Morgan fingerprint density at radius 2 is 1.96 bits per heavy atom. The lowest BCUT2D eigenvalue weighted by atomic mass is 9.97. The second-order valence-corrected chi connectivity index (χ2v) is 6.78. The minimum atomic E-state index is -0.753. The van der Waals surface area contributed by atoms with Crippen molar-refractivity contribution in [3.8, 4) is 0 Å². The average Bonchev–Trinajstić information content (AvgIpc) is 2.52. The van der Waals surface area contributed by atoms with Crippen molar-refractivity contribution in [3.63, 3.8) is 0 Å². The zero-order valence-electron chi connectivity index (χ0n) is 13.5. The van der Waals surface area contributed by atoms with Gasteiger partial charge in [0.05, 0.1) is 15.0 Å². The lowest BCUT2D eigenvalue weighted by Gasteiger charge is -2.38. The highest BCUT2D eigenvalue weighted by Crippen LogP contribution is 2.26. The zero-order chi connectivity index (χ0) is 17.9. The van der Waals surface area contributed by atoms with E-state index in [1.807, 2.05) is 13.8 Å². The van der Waals surface area contributed by atoms with Crippen LogP contribution < -0.4 is 0 Å². The van der Waals surface area contributed by atoms with E-state index >= 15 is 0 Å². The Morgan fingerprint density at radius 3 is 2.54 bits per heavy atom. The molecular formula is C16H19BrN2O5. The molecule has 1 aromatic carbocycles. The number of nitro benzene ring substituents is 1. The van der Waals surface area contributed by atoms with Gasteiger partial charge in [0.1, 0.15) is 0 Å². The van der Waals surface area contributed by atoms with Crippen molar-refractivity contribution in [2.45, 2.75) is 45.2 Å². The Bertz CT molecular complexity index is 654. The van der Waals surface area contributed by atoms with E-state index in [-0.39, 0.29) is 40.3 Å². The van der Waals surface area contributed by atoms with E-state index < -0.39 is 10.9 Å². The number of hydrogen-bond donors (Lipinski definition) is 0. The SMILES string of the molecule is C[C@@H]1CCC[C@H](C)N1C(=O)COC(=O)c1ccc(Br)c([N+](=O)[O-])c1. The Hall–Kier alpha value is -1.96. The molecule has 0 spiro atoms. The second-order valence-electron chi connectivity index (χ2n) is 5.93. The number of benzene rings is 1. The quantitative estimate of drug-likeness (QED) is 0.440. The summed E-state index contributed by atoms with van der Waals surface area (Å²) < 4.78 is 5.32. The fraction of sp³-hybridized carbons (Fsp3) is 0.500. The highest BCUT2D eigenvalue weighted by atomic mass is 79.9. The van der Waals surface area contributed by atoms with Gasteiger partial charge in [-0.25, -0.2) is 4.79 Å². The summed E-state index contributed by atoms with van der Waals surface area (Å²) in [5.41, 5.74) is -0.188. The number of rotatable bonds is 4. The highest BCUT2D eigenvalue weighted by Gasteiger charge is 2.29. The molecule has 0 N–H and O–H groups in total. The molecule has 0 aliphatic carbocycles. The molecule has 130 valence electrons. The van der Waals surface area contributed by atoms with Gasteiger partial charge in [-0.05, 0) is 61.2 Å². The van der Waals surface area contributed by atoms with E-state index in [0.717, 1.165) is 25.3 Å². The first-order valence-electron chi connectivity index (χ1n) is 7.73. The Balaban J connectivity index is 2.01. The molecule has 1 aliphatic rings. The number of piperidine rings is 1. The Morgan fingerprint density at radius 1 is 1.33 bits per heavy atom. The van der Waals surface area contributed by atoms with Gasteiger partial charge < -0.3 is 9.64 Å². The van der Waals surface area contributed by atoms with Crippen molar-refractivity contribution in [2.75, 3.05) is 6.61 Å². The molecule has 24 heavy (non-hydrogen) atoms. The van der Waals surface area contributed by atoms with E-state index in [0.29, 0.717) is 0 Å². The molecule has 0 saturated carbocycles. The minimum absolute atomic E-state index is 0.0393. The predicted octanol–water partition coefficient (Wildman–Crippen LogP) is 3.30. The van der Waals surface area contributed by atoms with Gasteiger partial charge in [-0.3, -0.25) is 14.9 Å². The number of esters is 1. The number of nitro groups is 1. The maximum absolute atomic E-state index is 12.3. The first kappa shape index (κ1) is 18.4. The summed E-state index contributed by atoms with van der Waals surface area (Å²) in [7, 11) is 0. The van der Waals surface area contributed by atoms with Crippen LogP contribution in [0.15, 0.2) is 22.7 Å². The monoisotopic (exact) mass is 398 g/mol. The fourth-order valence-corrected chi connectivity index (χ4v) is 3.37. The van der Waals surface area contributed by atoms with E-state index in [4.69, 9.17) is 4.74 Å². The molecule has 1 amide bonds. The van der Waals surface area contributed by atoms with Crippen molar-refractivity contribution in [2.24, 2.45) is 0 Å². The molecule has 2 rings (SSSR count). The van der Waals surface area contributed by atoms with Crippen LogP contribution in [0, 0.1) is 10.1 Å². The van der Waals surface area contributed by atoms with Crippen LogP contribution >= 0.6 is 15.9 Å². The van der Waals surface area contributed by atoms with Crippen LogP contribution in [-0.2, 0) is 9.53 Å². The third-order valence-electron chi connectivity index (χ3n) is 4.19. The number of carbonyl (C=O) groups excluding carboxylic acids is 2. The number of halogens is 1. The van der Waals surface area contributed by atoms with Crippen molar-refractivity contribution < 1.29 is 19.2 Å². The van der Waals surface area contributed by atoms with E-state index in [2.05, 4.69) is 15.9 Å². The predicted molar refractivity (Wildman–Crippen MR) is 90.7 cm³/mol. The highest BCUT2D eigenvalue weighted by molar-refractivity contribution is 9.10. The van der Waals surface area contributed by atoms with Crippen LogP contribution in [0.3, 0.4) is 0 Å². The summed E-state index contributed by atoms with van der Waals surface area (Å²) in [6.45, 7) is 3.60. The number of amides is 1. The third kappa shape index (κ3) is 4.11. The molecule has 1 aromatic rings. The lowest BCUT2D eigenvalue weighted by molar-refractivity contribution is -0.385. The van der Waals surface area contributed by atoms with E-state index in [1.54, 1.807) is 4.90 Å². The van der Waals surface area contributed by atoms with Gasteiger partial charge in [-0.2, -0.15) is 0 Å². The first-order chi connectivity index (χ1) is 11.3. The van der Waals surface area contributed by atoms with Crippen molar-refractivity contribution in [1.82, 2.24) is 4.90 Å². The number of carbonyl (C=O) groups is 2. The van der Waals surface area contributed by atoms with Gasteiger partial charge in [0.15, 0.2) is 6.61 Å². The molecule has 0 unspecified atom stereocenters. The summed E-state index contributed by atoms with van der Waals surface area (Å²) in [6.07, 6.45) is 2.94. The molecule has 1 heterocycles. The normalized spacial score (nSPS) is 20.5. The van der Waals surface area contributed by atoms with E-state index in [1.165, 1.54) is 12.1 Å². The maximum Gasteiger partial charge on any atom is 0.338 e. The van der Waals surface area contributed by atoms with Crippen molar-refractivity contribution >= 4 is 33.5 Å². The summed E-state index contributed by atoms with van der Waals surface area (Å²) in [5, 5.41) is 10.9. The van der Waals surface area contributed by atoms with Gasteiger partial charge in [0.25, 0.3) is 11.6 Å². The summed E-state index contributed by atoms with van der Waals surface area (Å²) >= 11 is 3.05. The van der Waals surface area contributed by atoms with Crippen LogP contribution in [-0.4, -0.2) is 40.4 Å². The van der Waals surface area contributed by atoms with Crippen molar-refractivity contribution in [1.29, 1.82) is 0 Å². The molecule has 1 aliphatic heterocycles. The van der Waals surface area contributed by atoms with Gasteiger partial charge in [0, 0.05) is 18.2 Å². The van der Waals surface area contributed by atoms with Crippen LogP contribution in [0.5, 0.6) is 0 Å². The van der Waals surface area contributed by atoms with Crippen LogP contribution in [0.1, 0.15) is 43.5 Å². The number of hydrogen-bond acceptors (Lipinski definition) is 5. The third-order valence-corrected chi connectivity index (χ3v) is 4.86. The van der Waals surface area contributed by atoms with Crippen molar-refractivity contribution in [3.05, 3.63) is 38.3 Å². The van der Waals surface area contributed by atoms with Gasteiger partial charge in [0.2, 0.25) is 0 Å². The Labute approximate surface area is 148 Å². The molecule has 2 atom stereocenters. The number of likely N-dealkylation sites (tertiary alicyclic amines) is 1. The molecular weight excluding hydrogens is 380 g/mol. The number of ether oxygens (including phenoxy) is 1. The molecule has 8 heteroatoms. The van der Waals surface area contributed by atoms with Crippen LogP contribution in [0.25, 0.3) is 0 Å². The number of nitrogens with zero attached hydrogens (tertiary/aromatic N) is 2. The summed E-state index contributed by atoms with van der Waals surface area (Å²) in [4.78, 5) is 36.4. The fourth-order valence-electron chi connectivity index (χ4n) is 2.98. The molecule has 0 radical (unpaired) electrons. The van der Waals surface area contributed by atoms with Gasteiger partial charge >= 0.3 is 5.97 Å². The topological polar surface area (TPSA) is 89.8 Å². The standard InChI is InChI=1S/C16H19BrN2O5/c1-10-4-3-5-11(2)18(10)15(20)9-24-16(21)12-6-7-13(17)14(8-12)19(22)23/h6-8,10-11H,3-5,9H2,1-2H3/t10-,11+. The van der Waals surface area contributed by atoms with Crippen LogP contribution in [0.4, 0.5) is 5.69 Å². The lowest BCUT2D eigenvalue weighted by Crippen LogP contribution is -2.49. The summed E-state index contributed by atoms with van der Waals surface area (Å²) in [5.74, 6) is -0.995. The average molecular weight is 399 g/mol. The van der Waals surface area contributed by atoms with Crippen LogP contribution in [0.2, 0.25) is 0 Å². The molecule has 0 bridgehead atoms. The molecule has 1 fully saturated rings. The second kappa shape index (κ2) is 7.74. The summed E-state index contributed by atoms with van der Waals surface area (Å²) in [6, 6.07) is 4.19. The van der Waals surface area contributed by atoms with Gasteiger partial charge in [-0.15, -0.1) is 0 Å². The van der Waals surface area contributed by atoms with Gasteiger partial charge in [-0.1, -0.05) is 0 Å². The Kier molecular flexibility index (Phi) is 5.93. The first-order valence-corrected chi connectivity index (χ1v) is 8.52. The smallest absolute Gasteiger partial charge is 0.338 e. The van der Waals surface area contributed by atoms with E-state index in [9.17, 15) is 19.7 Å². The minimum Gasteiger partial charge on any atom is -0.452 e.